The van der Waals surface area contributed by atoms with Gasteiger partial charge in [0.15, 0.2) is 0 Å². The van der Waals surface area contributed by atoms with E-state index in [9.17, 15) is 9.50 Å². The fourth-order valence-electron chi connectivity index (χ4n) is 2.95. The molecule has 1 fully saturated rings. The van der Waals surface area contributed by atoms with E-state index >= 15 is 0 Å². The van der Waals surface area contributed by atoms with Crippen LogP contribution in [0.5, 0.6) is 0 Å². The second-order valence-corrected chi connectivity index (χ2v) is 5.93. The monoisotopic (exact) mass is 236 g/mol. The molecule has 1 unspecified atom stereocenters. The van der Waals surface area contributed by atoms with Gasteiger partial charge in [0, 0.05) is 5.56 Å². The predicted molar refractivity (Wildman–Crippen MR) is 67.3 cm³/mol. The van der Waals surface area contributed by atoms with E-state index in [4.69, 9.17) is 0 Å². The average Bonchev–Trinajstić information content (AvgIpc) is 2.26. The largest absolute Gasteiger partial charge is 0.384 e. The Morgan fingerprint density at radius 3 is 2.47 bits per heavy atom. The molecule has 1 aliphatic carbocycles. The van der Waals surface area contributed by atoms with Crippen molar-refractivity contribution in [1.82, 2.24) is 0 Å². The molecule has 2 heteroatoms. The number of halogens is 1. The molecule has 0 aliphatic heterocycles. The summed E-state index contributed by atoms with van der Waals surface area (Å²) in [7, 11) is 0. The van der Waals surface area contributed by atoms with Crippen LogP contribution in [0, 0.1) is 18.2 Å². The molecular formula is C15H21FO. The second-order valence-electron chi connectivity index (χ2n) is 5.93. The Hall–Kier alpha value is -0.890. The van der Waals surface area contributed by atoms with Crippen molar-refractivity contribution < 1.29 is 9.50 Å². The van der Waals surface area contributed by atoms with Crippen LogP contribution in [0.15, 0.2) is 18.2 Å². The van der Waals surface area contributed by atoms with Crippen LogP contribution in [0.1, 0.15) is 50.7 Å². The molecule has 2 rings (SSSR count). The third kappa shape index (κ3) is 1.99. The van der Waals surface area contributed by atoms with Crippen molar-refractivity contribution in [2.45, 2.75) is 52.1 Å². The minimum absolute atomic E-state index is 0.264. The molecule has 0 amide bonds. The van der Waals surface area contributed by atoms with E-state index in [2.05, 4.69) is 0 Å². The van der Waals surface area contributed by atoms with Crippen LogP contribution in [0.2, 0.25) is 0 Å². The number of hydrogen-bond donors (Lipinski definition) is 1. The van der Waals surface area contributed by atoms with Crippen LogP contribution in [0.4, 0.5) is 4.39 Å². The first-order valence-corrected chi connectivity index (χ1v) is 6.36. The zero-order chi connectivity index (χ0) is 12.7. The van der Waals surface area contributed by atoms with E-state index in [1.165, 1.54) is 6.07 Å². The summed E-state index contributed by atoms with van der Waals surface area (Å²) < 4.78 is 14.0. The lowest BCUT2D eigenvalue weighted by atomic mass is 9.62. The lowest BCUT2D eigenvalue weighted by molar-refractivity contribution is -0.106. The van der Waals surface area contributed by atoms with Crippen LogP contribution in [0.25, 0.3) is 0 Å². The van der Waals surface area contributed by atoms with Gasteiger partial charge in [0.1, 0.15) is 5.82 Å². The standard InChI is InChI=1S/C15H21FO/c1-11-6-7-13(16)12(10-11)15(17)9-5-4-8-14(15,2)3/h6-7,10,17H,4-5,8-9H2,1-3H3. The molecular weight excluding hydrogens is 215 g/mol. The molecule has 0 radical (unpaired) electrons. The highest BCUT2D eigenvalue weighted by Gasteiger charge is 2.47. The van der Waals surface area contributed by atoms with E-state index in [-0.39, 0.29) is 11.2 Å². The van der Waals surface area contributed by atoms with E-state index in [1.807, 2.05) is 20.8 Å². The number of hydrogen-bond acceptors (Lipinski definition) is 1. The highest BCUT2D eigenvalue weighted by atomic mass is 19.1. The second kappa shape index (κ2) is 4.09. The smallest absolute Gasteiger partial charge is 0.129 e. The molecule has 1 nitrogen and oxygen atoms in total. The van der Waals surface area contributed by atoms with Crippen LogP contribution in [-0.2, 0) is 5.60 Å². The topological polar surface area (TPSA) is 20.2 Å². The fraction of sp³-hybridized carbons (Fsp3) is 0.600. The van der Waals surface area contributed by atoms with Gasteiger partial charge >= 0.3 is 0 Å². The van der Waals surface area contributed by atoms with E-state index < -0.39 is 5.60 Å². The molecule has 1 atom stereocenters. The highest BCUT2D eigenvalue weighted by molar-refractivity contribution is 5.31. The fourth-order valence-corrected chi connectivity index (χ4v) is 2.95. The summed E-state index contributed by atoms with van der Waals surface area (Å²) in [6.07, 6.45) is 3.67. The predicted octanol–water partition coefficient (Wildman–Crippen LogP) is 3.92. The molecule has 0 saturated heterocycles. The van der Waals surface area contributed by atoms with E-state index in [0.29, 0.717) is 12.0 Å². The molecule has 0 aromatic heterocycles. The molecule has 1 N–H and O–H groups in total. The summed E-state index contributed by atoms with van der Waals surface area (Å²) >= 11 is 0. The number of aliphatic hydroxyl groups is 1. The number of benzene rings is 1. The third-order valence-corrected chi connectivity index (χ3v) is 4.28. The average molecular weight is 236 g/mol. The van der Waals surface area contributed by atoms with Crippen LogP contribution < -0.4 is 0 Å². The summed E-state index contributed by atoms with van der Waals surface area (Å²) in [5.41, 5.74) is 0.180. The van der Waals surface area contributed by atoms with Crippen molar-refractivity contribution in [3.05, 3.63) is 35.1 Å². The van der Waals surface area contributed by atoms with E-state index in [1.54, 1.807) is 12.1 Å². The van der Waals surface area contributed by atoms with Crippen molar-refractivity contribution in [1.29, 1.82) is 0 Å². The zero-order valence-electron chi connectivity index (χ0n) is 10.9. The van der Waals surface area contributed by atoms with Gasteiger partial charge in [0.2, 0.25) is 0 Å². The maximum atomic E-state index is 14.0. The Morgan fingerprint density at radius 2 is 1.82 bits per heavy atom. The lowest BCUT2D eigenvalue weighted by Gasteiger charge is -2.47. The van der Waals surface area contributed by atoms with Gasteiger partial charge in [-0.05, 0) is 31.2 Å². The lowest BCUT2D eigenvalue weighted by Crippen LogP contribution is -2.45. The molecule has 1 saturated carbocycles. The Kier molecular flexibility index (Phi) is 3.03. The summed E-state index contributed by atoms with van der Waals surface area (Å²) in [4.78, 5) is 0. The first-order chi connectivity index (χ1) is 7.87. The maximum Gasteiger partial charge on any atom is 0.129 e. The summed E-state index contributed by atoms with van der Waals surface area (Å²) in [6.45, 7) is 6.00. The Morgan fingerprint density at radius 1 is 1.18 bits per heavy atom. The Labute approximate surface area is 103 Å². The van der Waals surface area contributed by atoms with Gasteiger partial charge in [-0.3, -0.25) is 0 Å². The number of aryl methyl sites for hydroxylation is 1. The van der Waals surface area contributed by atoms with Crippen LogP contribution in [0.3, 0.4) is 0 Å². The van der Waals surface area contributed by atoms with E-state index in [0.717, 1.165) is 24.8 Å². The maximum absolute atomic E-state index is 14.0. The summed E-state index contributed by atoms with van der Waals surface area (Å²) in [5.74, 6) is -0.284. The van der Waals surface area contributed by atoms with Gasteiger partial charge in [-0.15, -0.1) is 0 Å². The third-order valence-electron chi connectivity index (χ3n) is 4.28. The minimum atomic E-state index is -1.03. The molecule has 0 heterocycles. The van der Waals surface area contributed by atoms with Crippen molar-refractivity contribution in [2.24, 2.45) is 5.41 Å². The van der Waals surface area contributed by atoms with Gasteiger partial charge in [-0.1, -0.05) is 44.4 Å². The van der Waals surface area contributed by atoms with Crippen molar-refractivity contribution >= 4 is 0 Å². The Balaban J connectivity index is 2.52. The molecule has 17 heavy (non-hydrogen) atoms. The molecule has 1 aromatic carbocycles. The van der Waals surface area contributed by atoms with Gasteiger partial charge in [0.25, 0.3) is 0 Å². The Bertz CT molecular complexity index is 425. The van der Waals surface area contributed by atoms with Crippen molar-refractivity contribution in [3.63, 3.8) is 0 Å². The van der Waals surface area contributed by atoms with Crippen LogP contribution in [-0.4, -0.2) is 5.11 Å². The first-order valence-electron chi connectivity index (χ1n) is 6.36. The molecule has 0 spiro atoms. The van der Waals surface area contributed by atoms with Crippen LogP contribution >= 0.6 is 0 Å². The number of rotatable bonds is 1. The highest BCUT2D eigenvalue weighted by Crippen LogP contribution is 2.50. The molecule has 1 aromatic rings. The molecule has 1 aliphatic rings. The first kappa shape index (κ1) is 12.6. The quantitative estimate of drug-likeness (QED) is 0.783. The van der Waals surface area contributed by atoms with Gasteiger partial charge in [-0.25, -0.2) is 4.39 Å². The van der Waals surface area contributed by atoms with Crippen molar-refractivity contribution in [3.8, 4) is 0 Å². The summed E-state index contributed by atoms with van der Waals surface area (Å²) in [6, 6.07) is 5.01. The summed E-state index contributed by atoms with van der Waals surface area (Å²) in [5, 5.41) is 10.9. The molecule has 0 bridgehead atoms. The minimum Gasteiger partial charge on any atom is -0.384 e. The zero-order valence-corrected chi connectivity index (χ0v) is 10.9. The van der Waals surface area contributed by atoms with Gasteiger partial charge in [-0.2, -0.15) is 0 Å². The molecule has 94 valence electrons. The SMILES string of the molecule is Cc1ccc(F)c(C2(O)CCCCC2(C)C)c1. The van der Waals surface area contributed by atoms with Gasteiger partial charge < -0.3 is 5.11 Å². The van der Waals surface area contributed by atoms with Gasteiger partial charge in [0.05, 0.1) is 5.60 Å². The van der Waals surface area contributed by atoms with Crippen molar-refractivity contribution in [2.75, 3.05) is 0 Å². The normalized spacial score (nSPS) is 28.1.